The second-order valence-corrected chi connectivity index (χ2v) is 4.42. The summed E-state index contributed by atoms with van der Waals surface area (Å²) in [4.78, 5) is 4.79. The minimum atomic E-state index is 0.885. The Labute approximate surface area is 113 Å². The van der Waals surface area contributed by atoms with Gasteiger partial charge in [-0.05, 0) is 26.1 Å². The summed E-state index contributed by atoms with van der Waals surface area (Å²) < 4.78 is 10.1. The lowest BCUT2D eigenvalue weighted by Crippen LogP contribution is -2.35. The van der Waals surface area contributed by atoms with Gasteiger partial charge in [0.15, 0.2) is 0 Å². The maximum atomic E-state index is 5.16. The first kappa shape index (κ1) is 17.8. The van der Waals surface area contributed by atoms with Gasteiger partial charge in [-0.1, -0.05) is 20.8 Å². The van der Waals surface area contributed by atoms with Crippen LogP contribution >= 0.6 is 0 Å². The Kier molecular flexibility index (Phi) is 13.2. The van der Waals surface area contributed by atoms with E-state index in [4.69, 9.17) is 9.47 Å². The summed E-state index contributed by atoms with van der Waals surface area (Å²) in [6, 6.07) is 0. The molecule has 18 heavy (non-hydrogen) atoms. The molecule has 0 aromatic heterocycles. The number of hydrogen-bond donors (Lipinski definition) is 0. The molecular weight excluding hydrogens is 228 g/mol. The molecule has 1 fully saturated rings. The summed E-state index contributed by atoms with van der Waals surface area (Å²) in [5.41, 5.74) is 0. The van der Waals surface area contributed by atoms with E-state index in [0.717, 1.165) is 52.4 Å². The van der Waals surface area contributed by atoms with Crippen LogP contribution in [0.5, 0.6) is 0 Å². The topological polar surface area (TPSA) is 24.9 Å². The highest BCUT2D eigenvalue weighted by Gasteiger charge is 2.05. The number of hydrogen-bond acceptors (Lipinski definition) is 4. The van der Waals surface area contributed by atoms with Crippen molar-refractivity contribution in [3.05, 3.63) is 0 Å². The van der Waals surface area contributed by atoms with Gasteiger partial charge in [-0.3, -0.25) is 4.90 Å². The number of rotatable bonds is 7. The van der Waals surface area contributed by atoms with Crippen LogP contribution in [0, 0.1) is 0 Å². The van der Waals surface area contributed by atoms with Crippen molar-refractivity contribution in [2.24, 2.45) is 0 Å². The SMILES string of the molecule is CCN(CC)CCCOC.CCN1CCOCC1. The lowest BCUT2D eigenvalue weighted by Gasteiger charge is -2.24. The van der Waals surface area contributed by atoms with Crippen LogP contribution in [0.4, 0.5) is 0 Å². The van der Waals surface area contributed by atoms with Gasteiger partial charge >= 0.3 is 0 Å². The van der Waals surface area contributed by atoms with E-state index in [0.29, 0.717) is 0 Å². The van der Waals surface area contributed by atoms with E-state index >= 15 is 0 Å². The van der Waals surface area contributed by atoms with Crippen LogP contribution in [0.2, 0.25) is 0 Å². The second-order valence-electron chi connectivity index (χ2n) is 4.42. The molecule has 0 spiro atoms. The van der Waals surface area contributed by atoms with Gasteiger partial charge < -0.3 is 14.4 Å². The fraction of sp³-hybridized carbons (Fsp3) is 1.00. The fourth-order valence-electron chi connectivity index (χ4n) is 1.89. The first-order valence-electron chi connectivity index (χ1n) is 7.29. The van der Waals surface area contributed by atoms with E-state index in [1.807, 2.05) is 0 Å². The standard InChI is InChI=1S/C8H19NO.C6H13NO/c1-4-9(5-2)7-6-8-10-3;1-2-7-3-5-8-6-4-7/h4-8H2,1-3H3;2-6H2,1H3. The molecule has 0 aromatic rings. The summed E-state index contributed by atoms with van der Waals surface area (Å²) in [6.07, 6.45) is 1.15. The summed E-state index contributed by atoms with van der Waals surface area (Å²) >= 11 is 0. The van der Waals surface area contributed by atoms with E-state index < -0.39 is 0 Å². The van der Waals surface area contributed by atoms with Crippen LogP contribution in [0.3, 0.4) is 0 Å². The van der Waals surface area contributed by atoms with Gasteiger partial charge in [-0.25, -0.2) is 0 Å². The van der Waals surface area contributed by atoms with Crippen molar-refractivity contribution < 1.29 is 9.47 Å². The van der Waals surface area contributed by atoms with Crippen LogP contribution in [0.25, 0.3) is 0 Å². The van der Waals surface area contributed by atoms with Crippen LogP contribution in [0.1, 0.15) is 27.2 Å². The van der Waals surface area contributed by atoms with Gasteiger partial charge in [0.2, 0.25) is 0 Å². The van der Waals surface area contributed by atoms with Crippen molar-refractivity contribution in [2.45, 2.75) is 27.2 Å². The first-order valence-corrected chi connectivity index (χ1v) is 7.29. The quantitative estimate of drug-likeness (QED) is 0.651. The average Bonchev–Trinajstić information content (AvgIpc) is 2.45. The van der Waals surface area contributed by atoms with E-state index in [2.05, 4.69) is 30.6 Å². The van der Waals surface area contributed by atoms with Gasteiger partial charge in [0, 0.05) is 33.4 Å². The Morgan fingerprint density at radius 3 is 2.11 bits per heavy atom. The van der Waals surface area contributed by atoms with Crippen LogP contribution in [-0.4, -0.2) is 76.0 Å². The molecule has 0 aliphatic carbocycles. The molecule has 0 bridgehead atoms. The lowest BCUT2D eigenvalue weighted by molar-refractivity contribution is 0.0405. The number of methoxy groups -OCH3 is 1. The van der Waals surface area contributed by atoms with Crippen molar-refractivity contribution in [3.63, 3.8) is 0 Å². The maximum absolute atomic E-state index is 5.16. The van der Waals surface area contributed by atoms with Gasteiger partial charge in [0.25, 0.3) is 0 Å². The van der Waals surface area contributed by atoms with Crippen LogP contribution in [0.15, 0.2) is 0 Å². The van der Waals surface area contributed by atoms with Crippen molar-refractivity contribution >= 4 is 0 Å². The molecule has 1 heterocycles. The molecule has 4 nitrogen and oxygen atoms in total. The van der Waals surface area contributed by atoms with Crippen molar-refractivity contribution in [2.75, 3.05) is 66.2 Å². The van der Waals surface area contributed by atoms with E-state index in [1.54, 1.807) is 7.11 Å². The zero-order valence-corrected chi connectivity index (χ0v) is 12.8. The molecule has 0 atom stereocenters. The van der Waals surface area contributed by atoms with E-state index in [1.165, 1.54) is 13.1 Å². The second kappa shape index (κ2) is 13.3. The summed E-state index contributed by atoms with van der Waals surface area (Å²) in [5.74, 6) is 0. The van der Waals surface area contributed by atoms with Crippen LogP contribution in [-0.2, 0) is 9.47 Å². The molecule has 0 unspecified atom stereocenters. The highest BCUT2D eigenvalue weighted by atomic mass is 16.5. The van der Waals surface area contributed by atoms with Gasteiger partial charge in [0.05, 0.1) is 13.2 Å². The summed E-state index contributed by atoms with van der Waals surface area (Å²) in [6.45, 7) is 16.2. The van der Waals surface area contributed by atoms with E-state index in [-0.39, 0.29) is 0 Å². The fourth-order valence-corrected chi connectivity index (χ4v) is 1.89. The zero-order chi connectivity index (χ0) is 13.6. The summed E-state index contributed by atoms with van der Waals surface area (Å²) in [5, 5.41) is 0. The number of likely N-dealkylation sites (N-methyl/N-ethyl adjacent to an activating group) is 1. The molecular formula is C14H32N2O2. The Balaban J connectivity index is 0.000000327. The monoisotopic (exact) mass is 260 g/mol. The predicted molar refractivity (Wildman–Crippen MR) is 77.2 cm³/mol. The zero-order valence-electron chi connectivity index (χ0n) is 12.8. The third kappa shape index (κ3) is 9.83. The highest BCUT2D eigenvalue weighted by molar-refractivity contribution is 4.57. The Morgan fingerprint density at radius 2 is 1.72 bits per heavy atom. The third-order valence-electron chi connectivity index (χ3n) is 3.27. The first-order chi connectivity index (χ1) is 8.78. The smallest absolute Gasteiger partial charge is 0.0594 e. The largest absolute Gasteiger partial charge is 0.385 e. The van der Waals surface area contributed by atoms with Gasteiger partial charge in [-0.15, -0.1) is 0 Å². The Hall–Kier alpha value is -0.160. The normalized spacial score (nSPS) is 16.5. The minimum Gasteiger partial charge on any atom is -0.385 e. The number of nitrogens with zero attached hydrogens (tertiary/aromatic N) is 2. The summed E-state index contributed by atoms with van der Waals surface area (Å²) in [7, 11) is 1.75. The molecule has 1 saturated heterocycles. The number of ether oxygens (including phenoxy) is 2. The van der Waals surface area contributed by atoms with E-state index in [9.17, 15) is 0 Å². The Morgan fingerprint density at radius 1 is 1.11 bits per heavy atom. The highest BCUT2D eigenvalue weighted by Crippen LogP contribution is 1.93. The number of morpholine rings is 1. The molecule has 0 N–H and O–H groups in total. The van der Waals surface area contributed by atoms with Crippen molar-refractivity contribution in [3.8, 4) is 0 Å². The maximum Gasteiger partial charge on any atom is 0.0594 e. The Bertz CT molecular complexity index is 158. The molecule has 110 valence electrons. The third-order valence-corrected chi connectivity index (χ3v) is 3.27. The molecule has 1 rings (SSSR count). The molecule has 0 saturated carbocycles. The molecule has 0 aromatic carbocycles. The molecule has 1 aliphatic heterocycles. The molecule has 4 heteroatoms. The minimum absolute atomic E-state index is 0.885. The predicted octanol–water partition coefficient (Wildman–Crippen LogP) is 1.70. The molecule has 0 amide bonds. The van der Waals surface area contributed by atoms with Gasteiger partial charge in [-0.2, -0.15) is 0 Å². The van der Waals surface area contributed by atoms with Gasteiger partial charge in [0.1, 0.15) is 0 Å². The average molecular weight is 260 g/mol. The molecule has 0 radical (unpaired) electrons. The van der Waals surface area contributed by atoms with Crippen LogP contribution < -0.4 is 0 Å². The lowest BCUT2D eigenvalue weighted by atomic mass is 10.4. The van der Waals surface area contributed by atoms with Crippen molar-refractivity contribution in [1.82, 2.24) is 9.80 Å². The molecule has 1 aliphatic rings. The van der Waals surface area contributed by atoms with Crippen molar-refractivity contribution in [1.29, 1.82) is 0 Å².